The molecule has 1 aromatic rings. The van der Waals surface area contributed by atoms with Gasteiger partial charge in [-0.1, -0.05) is 6.07 Å². The Morgan fingerprint density at radius 2 is 2.00 bits per heavy atom. The first-order valence-electron chi connectivity index (χ1n) is 8.07. The molecular weight excluding hydrogens is 312 g/mol. The van der Waals surface area contributed by atoms with Crippen molar-refractivity contribution in [2.45, 2.75) is 13.8 Å². The molecule has 0 aromatic heterocycles. The Morgan fingerprint density at radius 3 is 2.67 bits per heavy atom. The minimum absolute atomic E-state index is 0.0447. The molecule has 0 saturated carbocycles. The van der Waals surface area contributed by atoms with Crippen molar-refractivity contribution in [2.75, 3.05) is 50.9 Å². The minimum Gasteiger partial charge on any atom is -0.508 e. The van der Waals surface area contributed by atoms with E-state index in [1.165, 1.54) is 0 Å². The molecule has 1 saturated heterocycles. The fraction of sp³-hybridized carbons (Fsp3) is 0.529. The number of morpholine rings is 1. The Morgan fingerprint density at radius 1 is 1.29 bits per heavy atom. The summed E-state index contributed by atoms with van der Waals surface area (Å²) in [6, 6.07) is 5.04. The van der Waals surface area contributed by atoms with Crippen molar-refractivity contribution >= 4 is 17.6 Å². The number of hydrogen-bond donors (Lipinski definition) is 1. The van der Waals surface area contributed by atoms with Gasteiger partial charge in [0.15, 0.2) is 0 Å². The van der Waals surface area contributed by atoms with Crippen LogP contribution in [0.5, 0.6) is 5.75 Å². The Kier molecular flexibility index (Phi) is 6.43. The molecule has 0 bridgehead atoms. The third kappa shape index (κ3) is 4.61. The van der Waals surface area contributed by atoms with Crippen LogP contribution in [0.1, 0.15) is 12.5 Å². The molecule has 132 valence electrons. The van der Waals surface area contributed by atoms with Gasteiger partial charge in [-0.15, -0.1) is 0 Å². The number of phenols is 1. The van der Waals surface area contributed by atoms with Crippen LogP contribution in [0, 0.1) is 6.92 Å². The first kappa shape index (κ1) is 18.1. The van der Waals surface area contributed by atoms with Crippen LogP contribution in [-0.2, 0) is 19.1 Å². The molecule has 1 N–H and O–H groups in total. The number of carbonyl (C=O) groups is 2. The van der Waals surface area contributed by atoms with Crippen LogP contribution in [0.4, 0.5) is 5.69 Å². The van der Waals surface area contributed by atoms with Gasteiger partial charge in [-0.3, -0.25) is 9.59 Å². The van der Waals surface area contributed by atoms with Gasteiger partial charge in [0.2, 0.25) is 5.91 Å². The maximum atomic E-state index is 12.5. The monoisotopic (exact) mass is 336 g/mol. The largest absolute Gasteiger partial charge is 0.508 e. The average molecular weight is 336 g/mol. The Balaban J connectivity index is 2.17. The summed E-state index contributed by atoms with van der Waals surface area (Å²) in [7, 11) is 0. The van der Waals surface area contributed by atoms with Gasteiger partial charge in [-0.25, -0.2) is 0 Å². The lowest BCUT2D eigenvalue weighted by Gasteiger charge is -2.31. The van der Waals surface area contributed by atoms with Gasteiger partial charge in [0.25, 0.3) is 0 Å². The molecule has 1 heterocycles. The minimum atomic E-state index is -0.407. The summed E-state index contributed by atoms with van der Waals surface area (Å²) in [4.78, 5) is 27.8. The smallest absolute Gasteiger partial charge is 0.325 e. The van der Waals surface area contributed by atoms with Gasteiger partial charge in [0.1, 0.15) is 12.3 Å². The number of rotatable bonds is 6. The van der Waals surface area contributed by atoms with Crippen molar-refractivity contribution in [3.8, 4) is 5.75 Å². The second kappa shape index (κ2) is 8.54. The topological polar surface area (TPSA) is 79.3 Å². The fourth-order valence-electron chi connectivity index (χ4n) is 2.62. The molecule has 0 atom stereocenters. The average Bonchev–Trinajstić information content (AvgIpc) is 2.58. The maximum Gasteiger partial charge on any atom is 0.325 e. The lowest BCUT2D eigenvalue weighted by molar-refractivity contribution is -0.141. The van der Waals surface area contributed by atoms with E-state index in [1.54, 1.807) is 41.8 Å². The predicted octanol–water partition coefficient (Wildman–Crippen LogP) is 0.929. The Labute approximate surface area is 141 Å². The second-order valence-corrected chi connectivity index (χ2v) is 5.58. The van der Waals surface area contributed by atoms with E-state index in [0.717, 1.165) is 0 Å². The molecule has 0 aliphatic carbocycles. The van der Waals surface area contributed by atoms with E-state index in [9.17, 15) is 14.7 Å². The molecule has 0 radical (unpaired) electrons. The van der Waals surface area contributed by atoms with Gasteiger partial charge < -0.3 is 24.4 Å². The summed E-state index contributed by atoms with van der Waals surface area (Å²) in [6.45, 7) is 5.91. The second-order valence-electron chi connectivity index (χ2n) is 5.58. The standard InChI is InChI=1S/C17H24N2O5/c1-3-24-17(22)12-19(14-5-4-6-15(20)13(14)2)11-16(21)18-7-9-23-10-8-18/h4-6,20H,3,7-12H2,1-2H3. The first-order chi connectivity index (χ1) is 11.5. The number of aromatic hydroxyl groups is 1. The van der Waals surface area contributed by atoms with Crippen LogP contribution in [0.25, 0.3) is 0 Å². The number of nitrogens with zero attached hydrogens (tertiary/aromatic N) is 2. The molecule has 1 aromatic carbocycles. The fourth-order valence-corrected chi connectivity index (χ4v) is 2.62. The van der Waals surface area contributed by atoms with Crippen LogP contribution >= 0.6 is 0 Å². The maximum absolute atomic E-state index is 12.5. The highest BCUT2D eigenvalue weighted by Crippen LogP contribution is 2.27. The third-order valence-corrected chi connectivity index (χ3v) is 3.93. The number of benzene rings is 1. The predicted molar refractivity (Wildman–Crippen MR) is 89.1 cm³/mol. The van der Waals surface area contributed by atoms with E-state index in [-0.39, 0.29) is 31.4 Å². The van der Waals surface area contributed by atoms with Crippen molar-refractivity contribution in [2.24, 2.45) is 0 Å². The van der Waals surface area contributed by atoms with E-state index in [2.05, 4.69) is 0 Å². The Bertz CT molecular complexity index is 584. The SMILES string of the molecule is CCOC(=O)CN(CC(=O)N1CCOCC1)c1cccc(O)c1C. The van der Waals surface area contributed by atoms with E-state index in [1.807, 2.05) is 0 Å². The van der Waals surface area contributed by atoms with Gasteiger partial charge in [-0.2, -0.15) is 0 Å². The molecule has 0 spiro atoms. The van der Waals surface area contributed by atoms with Crippen molar-refractivity contribution < 1.29 is 24.2 Å². The van der Waals surface area contributed by atoms with Crippen molar-refractivity contribution in [3.05, 3.63) is 23.8 Å². The number of amides is 1. The normalized spacial score (nSPS) is 14.3. The number of phenolic OH excluding ortho intramolecular Hbond substituents is 1. The van der Waals surface area contributed by atoms with Crippen molar-refractivity contribution in [3.63, 3.8) is 0 Å². The highest BCUT2D eigenvalue weighted by molar-refractivity contribution is 5.85. The number of esters is 1. The van der Waals surface area contributed by atoms with Crippen LogP contribution in [-0.4, -0.2) is 67.9 Å². The number of anilines is 1. The molecule has 1 aliphatic heterocycles. The third-order valence-electron chi connectivity index (χ3n) is 3.93. The highest BCUT2D eigenvalue weighted by atomic mass is 16.5. The summed E-state index contributed by atoms with van der Waals surface area (Å²) in [5, 5.41) is 9.91. The molecule has 7 heteroatoms. The summed E-state index contributed by atoms with van der Waals surface area (Å²) >= 11 is 0. The summed E-state index contributed by atoms with van der Waals surface area (Å²) in [5.74, 6) is -0.361. The first-order valence-corrected chi connectivity index (χ1v) is 8.07. The van der Waals surface area contributed by atoms with Crippen LogP contribution < -0.4 is 4.90 Å². The zero-order valence-corrected chi connectivity index (χ0v) is 14.2. The molecule has 1 amide bonds. The van der Waals surface area contributed by atoms with Crippen molar-refractivity contribution in [1.29, 1.82) is 0 Å². The highest BCUT2D eigenvalue weighted by Gasteiger charge is 2.23. The molecule has 1 aliphatic rings. The lowest BCUT2D eigenvalue weighted by Crippen LogP contribution is -2.47. The molecule has 1 fully saturated rings. The van der Waals surface area contributed by atoms with Gasteiger partial charge in [0, 0.05) is 24.3 Å². The number of hydrogen-bond acceptors (Lipinski definition) is 6. The molecule has 0 unspecified atom stereocenters. The molecule has 7 nitrogen and oxygen atoms in total. The van der Waals surface area contributed by atoms with E-state index in [4.69, 9.17) is 9.47 Å². The summed E-state index contributed by atoms with van der Waals surface area (Å²) in [6.07, 6.45) is 0. The zero-order valence-electron chi connectivity index (χ0n) is 14.2. The quantitative estimate of drug-likeness (QED) is 0.779. The van der Waals surface area contributed by atoms with Gasteiger partial charge in [0.05, 0.1) is 26.4 Å². The zero-order chi connectivity index (χ0) is 17.5. The van der Waals surface area contributed by atoms with Crippen LogP contribution in [0.15, 0.2) is 18.2 Å². The number of ether oxygens (including phenoxy) is 2. The molecule has 2 rings (SSSR count). The van der Waals surface area contributed by atoms with Gasteiger partial charge in [-0.05, 0) is 26.0 Å². The van der Waals surface area contributed by atoms with E-state index >= 15 is 0 Å². The number of carbonyl (C=O) groups excluding carboxylic acids is 2. The molecule has 24 heavy (non-hydrogen) atoms. The van der Waals surface area contributed by atoms with Gasteiger partial charge >= 0.3 is 5.97 Å². The Hall–Kier alpha value is -2.28. The van der Waals surface area contributed by atoms with Crippen molar-refractivity contribution in [1.82, 2.24) is 4.90 Å². The summed E-state index contributed by atoms with van der Waals surface area (Å²) in [5.41, 5.74) is 1.27. The summed E-state index contributed by atoms with van der Waals surface area (Å²) < 4.78 is 10.3. The van der Waals surface area contributed by atoms with Crippen LogP contribution in [0.3, 0.4) is 0 Å². The lowest BCUT2D eigenvalue weighted by atomic mass is 10.1. The van der Waals surface area contributed by atoms with E-state index in [0.29, 0.717) is 37.6 Å². The molecular formula is C17H24N2O5. The van der Waals surface area contributed by atoms with E-state index < -0.39 is 5.97 Å². The van der Waals surface area contributed by atoms with Crippen LogP contribution in [0.2, 0.25) is 0 Å².